The zero-order chi connectivity index (χ0) is 21.4. The van der Waals surface area contributed by atoms with Crippen LogP contribution >= 0.6 is 7.26 Å². The number of esters is 1. The molecule has 0 fully saturated rings. The number of benzene rings is 3. The Labute approximate surface area is 200 Å². The molecule has 0 atom stereocenters. The fourth-order valence-corrected chi connectivity index (χ4v) is 8.24. The van der Waals surface area contributed by atoms with Crippen LogP contribution in [0.25, 0.3) is 0 Å². The number of carbonyl (C=O) groups excluding carboxylic acids is 1. The van der Waals surface area contributed by atoms with Gasteiger partial charge in [0.1, 0.15) is 23.2 Å². The summed E-state index contributed by atoms with van der Waals surface area (Å²) in [4.78, 5) is 16.3. The summed E-state index contributed by atoms with van der Waals surface area (Å²) in [7, 11) is -1.89. The first-order valence-corrected chi connectivity index (χ1v) is 12.4. The Morgan fingerprint density at radius 3 is 1.56 bits per heavy atom. The van der Waals surface area contributed by atoms with E-state index in [1.165, 1.54) is 15.9 Å². The lowest BCUT2D eigenvalue weighted by atomic mass is 10.3. The summed E-state index contributed by atoms with van der Waals surface area (Å²) in [6.07, 6.45) is 4.92. The second-order valence-electron chi connectivity index (χ2n) is 7.27. The van der Waals surface area contributed by atoms with Crippen LogP contribution in [-0.4, -0.2) is 23.7 Å². The standard InChI is InChI=1S/C27H25NO2P.BrH/c29-27(23-17-19-28-20-18-23)30-21-10-22-31(24-11-4-1-5-12-24,25-13-6-2-7-14-25)26-15-8-3-9-16-26;/h1-9,11-20H,10,21-22H2;1H/q+1;/p-1. The van der Waals surface area contributed by atoms with E-state index in [1.807, 2.05) is 0 Å². The van der Waals surface area contributed by atoms with Crippen molar-refractivity contribution < 1.29 is 26.5 Å². The van der Waals surface area contributed by atoms with Crippen LogP contribution < -0.4 is 32.9 Å². The average molecular weight is 506 g/mol. The zero-order valence-corrected chi connectivity index (χ0v) is 20.2. The number of hydrogen-bond acceptors (Lipinski definition) is 3. The Hall–Kier alpha value is -2.81. The van der Waals surface area contributed by atoms with Gasteiger partial charge < -0.3 is 21.7 Å². The minimum absolute atomic E-state index is 0. The van der Waals surface area contributed by atoms with Gasteiger partial charge in [0.15, 0.2) is 0 Å². The van der Waals surface area contributed by atoms with Crippen LogP contribution in [0.2, 0.25) is 0 Å². The van der Waals surface area contributed by atoms with Gasteiger partial charge in [-0.2, -0.15) is 0 Å². The maximum absolute atomic E-state index is 12.3. The SMILES string of the molecule is O=C(OCCC[P+](c1ccccc1)(c1ccccc1)c1ccccc1)c1ccncc1.[Br-]. The number of aromatic nitrogens is 1. The van der Waals surface area contributed by atoms with Crippen molar-refractivity contribution >= 4 is 29.1 Å². The molecule has 0 amide bonds. The van der Waals surface area contributed by atoms with Crippen LogP contribution in [0.3, 0.4) is 0 Å². The molecule has 0 aliphatic rings. The third-order valence-electron chi connectivity index (χ3n) is 5.38. The van der Waals surface area contributed by atoms with Crippen molar-refractivity contribution in [2.24, 2.45) is 0 Å². The van der Waals surface area contributed by atoms with E-state index in [0.29, 0.717) is 12.2 Å². The Bertz CT molecular complexity index is 997. The summed E-state index contributed by atoms with van der Waals surface area (Å²) in [6.45, 7) is 0.384. The van der Waals surface area contributed by atoms with Crippen LogP contribution in [-0.2, 0) is 4.74 Å². The number of halogens is 1. The second-order valence-corrected chi connectivity index (χ2v) is 10.9. The van der Waals surface area contributed by atoms with Crippen LogP contribution in [0.5, 0.6) is 0 Å². The van der Waals surface area contributed by atoms with E-state index in [2.05, 4.69) is 96.0 Å². The maximum atomic E-state index is 12.3. The molecule has 0 aliphatic carbocycles. The van der Waals surface area contributed by atoms with Gasteiger partial charge in [0.25, 0.3) is 0 Å². The van der Waals surface area contributed by atoms with Crippen LogP contribution in [0, 0.1) is 0 Å². The zero-order valence-electron chi connectivity index (χ0n) is 17.7. The quantitative estimate of drug-likeness (QED) is 0.207. The molecule has 0 unspecified atom stereocenters. The third kappa shape index (κ3) is 5.32. The first-order chi connectivity index (χ1) is 15.3. The third-order valence-corrected chi connectivity index (χ3v) is 9.90. The largest absolute Gasteiger partial charge is 1.00 e. The molecule has 4 aromatic rings. The van der Waals surface area contributed by atoms with Crippen molar-refractivity contribution in [3.63, 3.8) is 0 Å². The summed E-state index contributed by atoms with van der Waals surface area (Å²) in [5, 5.41) is 4.02. The molecule has 1 aromatic heterocycles. The lowest BCUT2D eigenvalue weighted by Gasteiger charge is -2.27. The minimum atomic E-state index is -1.89. The second kappa shape index (κ2) is 11.7. The van der Waals surface area contributed by atoms with Crippen molar-refractivity contribution in [2.75, 3.05) is 12.8 Å². The molecule has 1 heterocycles. The molecule has 0 saturated heterocycles. The van der Waals surface area contributed by atoms with Gasteiger partial charge in [0.05, 0.1) is 18.3 Å². The highest BCUT2D eigenvalue weighted by Crippen LogP contribution is 2.55. The van der Waals surface area contributed by atoms with E-state index in [9.17, 15) is 4.79 Å². The Morgan fingerprint density at radius 1 is 0.688 bits per heavy atom. The lowest BCUT2D eigenvalue weighted by molar-refractivity contribution is -0.0000240. The Balaban J connectivity index is 0.00000289. The van der Waals surface area contributed by atoms with E-state index in [1.54, 1.807) is 24.5 Å². The first kappa shape index (κ1) is 23.8. The van der Waals surface area contributed by atoms with Gasteiger partial charge in [-0.25, -0.2) is 4.79 Å². The molecule has 0 spiro atoms. The smallest absolute Gasteiger partial charge is 0.338 e. The number of pyridine rings is 1. The van der Waals surface area contributed by atoms with Crippen LogP contribution in [0.15, 0.2) is 116 Å². The summed E-state index contributed by atoms with van der Waals surface area (Å²) in [5.41, 5.74) is 0.533. The topological polar surface area (TPSA) is 39.2 Å². The number of rotatable bonds is 8. The summed E-state index contributed by atoms with van der Waals surface area (Å²) < 4.78 is 5.58. The Morgan fingerprint density at radius 2 is 1.12 bits per heavy atom. The number of ether oxygens (including phenoxy) is 1. The van der Waals surface area contributed by atoms with E-state index in [4.69, 9.17) is 4.74 Å². The van der Waals surface area contributed by atoms with Gasteiger partial charge in [-0.3, -0.25) is 4.98 Å². The highest BCUT2D eigenvalue weighted by atomic mass is 79.9. The van der Waals surface area contributed by atoms with Gasteiger partial charge >= 0.3 is 5.97 Å². The predicted molar refractivity (Wildman–Crippen MR) is 129 cm³/mol. The van der Waals surface area contributed by atoms with Gasteiger partial charge in [-0.15, -0.1) is 0 Å². The van der Waals surface area contributed by atoms with E-state index < -0.39 is 7.26 Å². The van der Waals surface area contributed by atoms with Crippen molar-refractivity contribution in [1.82, 2.24) is 4.98 Å². The molecule has 3 aromatic carbocycles. The molecular weight excluding hydrogens is 481 g/mol. The molecule has 0 N–H and O–H groups in total. The molecule has 3 nitrogen and oxygen atoms in total. The average Bonchev–Trinajstić information content (AvgIpc) is 2.86. The van der Waals surface area contributed by atoms with Gasteiger partial charge in [0, 0.05) is 18.8 Å². The fraction of sp³-hybridized carbons (Fsp3) is 0.111. The summed E-state index contributed by atoms with van der Waals surface area (Å²) in [5.74, 6) is -0.300. The van der Waals surface area contributed by atoms with Gasteiger partial charge in [-0.05, 0) is 48.5 Å². The van der Waals surface area contributed by atoms with Crippen molar-refractivity contribution in [3.8, 4) is 0 Å². The van der Waals surface area contributed by atoms with Gasteiger partial charge in [-0.1, -0.05) is 54.6 Å². The Kier molecular flexibility index (Phi) is 8.72. The van der Waals surface area contributed by atoms with E-state index in [0.717, 1.165) is 12.6 Å². The highest BCUT2D eigenvalue weighted by molar-refractivity contribution is 7.95. The normalized spacial score (nSPS) is 10.8. The van der Waals surface area contributed by atoms with Crippen molar-refractivity contribution in [3.05, 3.63) is 121 Å². The summed E-state index contributed by atoms with van der Waals surface area (Å²) in [6, 6.07) is 35.6. The monoisotopic (exact) mass is 505 g/mol. The van der Waals surface area contributed by atoms with Crippen molar-refractivity contribution in [1.29, 1.82) is 0 Å². The molecule has 0 saturated carbocycles. The predicted octanol–water partition coefficient (Wildman–Crippen LogP) is 1.63. The molecule has 5 heteroatoms. The summed E-state index contributed by atoms with van der Waals surface area (Å²) >= 11 is 0. The van der Waals surface area contributed by atoms with Crippen LogP contribution in [0.1, 0.15) is 16.8 Å². The van der Waals surface area contributed by atoms with E-state index in [-0.39, 0.29) is 23.0 Å². The minimum Gasteiger partial charge on any atom is -1.00 e. The molecule has 162 valence electrons. The first-order valence-electron chi connectivity index (χ1n) is 10.4. The number of carbonyl (C=O) groups is 1. The molecule has 32 heavy (non-hydrogen) atoms. The molecule has 0 bridgehead atoms. The number of nitrogens with zero attached hydrogens (tertiary/aromatic N) is 1. The van der Waals surface area contributed by atoms with Crippen LogP contribution in [0.4, 0.5) is 0 Å². The maximum Gasteiger partial charge on any atom is 0.338 e. The molecule has 4 rings (SSSR count). The molecule has 0 radical (unpaired) electrons. The van der Waals surface area contributed by atoms with E-state index >= 15 is 0 Å². The molecular formula is C27H25BrNO2P. The lowest BCUT2D eigenvalue weighted by Crippen LogP contribution is -3.00. The fourth-order valence-electron chi connectivity index (χ4n) is 3.92. The van der Waals surface area contributed by atoms with Crippen molar-refractivity contribution in [2.45, 2.75) is 6.42 Å². The molecule has 0 aliphatic heterocycles. The van der Waals surface area contributed by atoms with Gasteiger partial charge in [0.2, 0.25) is 0 Å². The highest BCUT2D eigenvalue weighted by Gasteiger charge is 2.44. The number of hydrogen-bond donors (Lipinski definition) is 0.